The summed E-state index contributed by atoms with van der Waals surface area (Å²) in [5, 5.41) is 5.98. The van der Waals surface area contributed by atoms with Gasteiger partial charge in [-0.15, -0.1) is 0 Å². The largest absolute Gasteiger partial charge is 0.353 e. The first-order chi connectivity index (χ1) is 13.3. The lowest BCUT2D eigenvalue weighted by molar-refractivity contribution is -0.134. The average Bonchev–Trinajstić information content (AvgIpc) is 2.90. The topological polar surface area (TPSA) is 85.0 Å². The van der Waals surface area contributed by atoms with Crippen LogP contribution in [0.1, 0.15) is 52.9 Å². The Morgan fingerprint density at radius 2 is 1.79 bits per heavy atom. The fourth-order valence-corrected chi connectivity index (χ4v) is 4.31. The number of amides is 4. The van der Waals surface area contributed by atoms with Gasteiger partial charge in [0.1, 0.15) is 5.54 Å². The van der Waals surface area contributed by atoms with Gasteiger partial charge in [0.2, 0.25) is 5.91 Å². The molecule has 0 bridgehead atoms. The third-order valence-corrected chi connectivity index (χ3v) is 6.57. The van der Waals surface area contributed by atoms with E-state index in [0.29, 0.717) is 19.1 Å². The minimum absolute atomic E-state index is 0.0558. The number of hydrogen-bond acceptors (Lipinski definition) is 5. The third kappa shape index (κ3) is 4.66. The molecule has 158 valence electrons. The maximum Gasteiger partial charge on any atom is 0.326 e. The van der Waals surface area contributed by atoms with Crippen molar-refractivity contribution >= 4 is 17.8 Å². The molecule has 0 aromatic heterocycles. The zero-order valence-electron chi connectivity index (χ0n) is 17.5. The highest BCUT2D eigenvalue weighted by Gasteiger charge is 2.52. The SMILES string of the molecule is CC[C@@H](C)NC(=O)CN1CCN(CN2C(=O)NC3(CCC(C)CC3)C2=O)CC1. The molecule has 1 atom stereocenters. The summed E-state index contributed by atoms with van der Waals surface area (Å²) in [7, 11) is 0. The first kappa shape index (κ1) is 21.0. The monoisotopic (exact) mass is 393 g/mol. The van der Waals surface area contributed by atoms with Crippen LogP contribution in [0.25, 0.3) is 0 Å². The quantitative estimate of drug-likeness (QED) is 0.657. The van der Waals surface area contributed by atoms with Crippen LogP contribution in [0.5, 0.6) is 0 Å². The molecule has 1 aliphatic carbocycles. The van der Waals surface area contributed by atoms with E-state index >= 15 is 0 Å². The van der Waals surface area contributed by atoms with E-state index in [9.17, 15) is 14.4 Å². The molecular weight excluding hydrogens is 358 g/mol. The lowest BCUT2D eigenvalue weighted by atomic mass is 9.77. The Kier molecular flexibility index (Phi) is 6.60. The lowest BCUT2D eigenvalue weighted by Gasteiger charge is -2.36. The zero-order chi connectivity index (χ0) is 20.3. The first-order valence-electron chi connectivity index (χ1n) is 10.7. The van der Waals surface area contributed by atoms with Crippen LogP contribution in [0.4, 0.5) is 4.79 Å². The highest BCUT2D eigenvalue weighted by atomic mass is 16.2. The summed E-state index contributed by atoms with van der Waals surface area (Å²) < 4.78 is 0. The lowest BCUT2D eigenvalue weighted by Crippen LogP contribution is -2.54. The highest BCUT2D eigenvalue weighted by molar-refractivity contribution is 6.07. The van der Waals surface area contributed by atoms with Crippen molar-refractivity contribution < 1.29 is 14.4 Å². The van der Waals surface area contributed by atoms with Crippen LogP contribution in [-0.2, 0) is 9.59 Å². The van der Waals surface area contributed by atoms with Gasteiger partial charge in [-0.2, -0.15) is 0 Å². The van der Waals surface area contributed by atoms with Gasteiger partial charge in [0.15, 0.2) is 0 Å². The Labute approximate surface area is 168 Å². The van der Waals surface area contributed by atoms with Crippen LogP contribution >= 0.6 is 0 Å². The predicted molar refractivity (Wildman–Crippen MR) is 107 cm³/mol. The molecule has 3 aliphatic rings. The molecule has 1 saturated carbocycles. The molecule has 3 fully saturated rings. The summed E-state index contributed by atoms with van der Waals surface area (Å²) in [6.07, 6.45) is 4.38. The summed E-state index contributed by atoms with van der Waals surface area (Å²) in [4.78, 5) is 43.1. The van der Waals surface area contributed by atoms with Crippen molar-refractivity contribution in [1.29, 1.82) is 0 Å². The van der Waals surface area contributed by atoms with Crippen LogP contribution < -0.4 is 10.6 Å². The fourth-order valence-electron chi connectivity index (χ4n) is 4.31. The van der Waals surface area contributed by atoms with Gasteiger partial charge in [0, 0.05) is 32.2 Å². The summed E-state index contributed by atoms with van der Waals surface area (Å²) in [5.74, 6) is 0.625. The first-order valence-corrected chi connectivity index (χ1v) is 10.7. The van der Waals surface area contributed by atoms with Crippen LogP contribution in [0.2, 0.25) is 0 Å². The molecule has 4 amide bonds. The number of imide groups is 1. The van der Waals surface area contributed by atoms with E-state index in [2.05, 4.69) is 34.3 Å². The van der Waals surface area contributed by atoms with Crippen molar-refractivity contribution in [2.75, 3.05) is 39.4 Å². The van der Waals surface area contributed by atoms with Crippen LogP contribution in [-0.4, -0.2) is 83.5 Å². The molecule has 1 spiro atoms. The van der Waals surface area contributed by atoms with Crippen LogP contribution in [0.15, 0.2) is 0 Å². The van der Waals surface area contributed by atoms with E-state index in [4.69, 9.17) is 0 Å². The van der Waals surface area contributed by atoms with Crippen molar-refractivity contribution in [3.63, 3.8) is 0 Å². The van der Waals surface area contributed by atoms with E-state index in [1.807, 2.05) is 6.92 Å². The second-order valence-corrected chi connectivity index (χ2v) is 8.84. The number of piperazine rings is 1. The van der Waals surface area contributed by atoms with Crippen molar-refractivity contribution in [2.45, 2.75) is 64.5 Å². The van der Waals surface area contributed by atoms with Gasteiger partial charge in [-0.1, -0.05) is 13.8 Å². The van der Waals surface area contributed by atoms with Gasteiger partial charge in [-0.05, 0) is 44.9 Å². The second-order valence-electron chi connectivity index (χ2n) is 8.84. The molecule has 0 aromatic rings. The van der Waals surface area contributed by atoms with Gasteiger partial charge in [0.25, 0.3) is 5.91 Å². The number of urea groups is 1. The summed E-state index contributed by atoms with van der Waals surface area (Å²) in [6.45, 7) is 10.0. The second kappa shape index (κ2) is 8.78. The minimum Gasteiger partial charge on any atom is -0.353 e. The zero-order valence-corrected chi connectivity index (χ0v) is 17.5. The molecule has 0 unspecified atom stereocenters. The molecule has 8 nitrogen and oxygen atoms in total. The average molecular weight is 394 g/mol. The molecular formula is C20H35N5O3. The summed E-state index contributed by atoms with van der Waals surface area (Å²) in [5.41, 5.74) is -0.667. The normalized spacial score (nSPS) is 30.5. The Hall–Kier alpha value is -1.67. The maximum absolute atomic E-state index is 13.0. The minimum atomic E-state index is -0.667. The van der Waals surface area contributed by atoms with Gasteiger partial charge >= 0.3 is 6.03 Å². The van der Waals surface area contributed by atoms with Gasteiger partial charge in [-0.25, -0.2) is 9.69 Å². The Morgan fingerprint density at radius 1 is 1.18 bits per heavy atom. The summed E-state index contributed by atoms with van der Waals surface area (Å²) >= 11 is 0. The van der Waals surface area contributed by atoms with Gasteiger partial charge in [-0.3, -0.25) is 19.4 Å². The fraction of sp³-hybridized carbons (Fsp3) is 0.850. The van der Waals surface area contributed by atoms with Gasteiger partial charge in [0.05, 0.1) is 13.2 Å². The number of nitrogens with one attached hydrogen (secondary N) is 2. The number of hydrogen-bond donors (Lipinski definition) is 2. The molecule has 3 rings (SSSR count). The molecule has 0 radical (unpaired) electrons. The van der Waals surface area contributed by atoms with E-state index in [1.165, 1.54) is 4.90 Å². The molecule has 2 heterocycles. The standard InChI is InChI=1S/C20H35N5O3/c1-4-16(3)21-17(26)13-23-9-11-24(12-10-23)14-25-18(27)20(22-19(25)28)7-5-15(2)6-8-20/h15-16H,4-14H2,1-3H3,(H,21,26)(H,22,28)/t15?,16-,20?/m1/s1. The number of carbonyl (C=O) groups is 3. The van der Waals surface area contributed by atoms with Crippen molar-refractivity contribution in [3.05, 3.63) is 0 Å². The van der Waals surface area contributed by atoms with E-state index in [-0.39, 0.29) is 23.9 Å². The van der Waals surface area contributed by atoms with E-state index < -0.39 is 5.54 Å². The molecule has 2 aliphatic heterocycles. The molecule has 2 saturated heterocycles. The molecule has 0 aromatic carbocycles. The maximum atomic E-state index is 13.0. The van der Waals surface area contributed by atoms with Crippen molar-refractivity contribution in [3.8, 4) is 0 Å². The number of nitrogens with zero attached hydrogens (tertiary/aromatic N) is 3. The highest BCUT2D eigenvalue weighted by Crippen LogP contribution is 2.36. The molecule has 2 N–H and O–H groups in total. The number of rotatable bonds is 6. The Bertz CT molecular complexity index is 595. The van der Waals surface area contributed by atoms with E-state index in [0.717, 1.165) is 58.3 Å². The number of carbonyl (C=O) groups excluding carboxylic acids is 3. The molecule has 8 heteroatoms. The Morgan fingerprint density at radius 3 is 2.39 bits per heavy atom. The predicted octanol–water partition coefficient (Wildman–Crippen LogP) is 0.977. The van der Waals surface area contributed by atoms with Gasteiger partial charge < -0.3 is 10.6 Å². The van der Waals surface area contributed by atoms with Crippen LogP contribution in [0, 0.1) is 5.92 Å². The van der Waals surface area contributed by atoms with Crippen molar-refractivity contribution in [1.82, 2.24) is 25.3 Å². The van der Waals surface area contributed by atoms with Crippen molar-refractivity contribution in [2.24, 2.45) is 5.92 Å². The Balaban J connectivity index is 1.46. The smallest absolute Gasteiger partial charge is 0.326 e. The third-order valence-electron chi connectivity index (χ3n) is 6.57. The van der Waals surface area contributed by atoms with E-state index in [1.54, 1.807) is 0 Å². The summed E-state index contributed by atoms with van der Waals surface area (Å²) in [6, 6.07) is -0.0570. The molecule has 28 heavy (non-hydrogen) atoms. The van der Waals surface area contributed by atoms with Crippen LogP contribution in [0.3, 0.4) is 0 Å².